The van der Waals surface area contributed by atoms with Crippen LogP contribution in [0.15, 0.2) is 36.7 Å². The smallest absolute Gasteiger partial charge is 0.0346 e. The molecule has 1 aliphatic carbocycles. The lowest BCUT2D eigenvalue weighted by Crippen LogP contribution is -2.25. The van der Waals surface area contributed by atoms with Crippen molar-refractivity contribution in [2.45, 2.75) is 38.3 Å². The number of nitrogens with one attached hydrogen (secondary N) is 1. The van der Waals surface area contributed by atoms with E-state index >= 15 is 0 Å². The molecule has 0 aliphatic heterocycles. The van der Waals surface area contributed by atoms with Gasteiger partial charge < -0.3 is 5.32 Å². The lowest BCUT2D eigenvalue weighted by atomic mass is 10.1. The Morgan fingerprint density at radius 2 is 2.00 bits per heavy atom. The molecule has 1 aromatic heterocycles. The topological polar surface area (TPSA) is 24.9 Å². The van der Waals surface area contributed by atoms with E-state index in [4.69, 9.17) is 0 Å². The summed E-state index contributed by atoms with van der Waals surface area (Å²) in [6.45, 7) is 0.989. The molecule has 1 heterocycles. The van der Waals surface area contributed by atoms with Crippen LogP contribution in [0, 0.1) is 0 Å². The summed E-state index contributed by atoms with van der Waals surface area (Å²) in [5.41, 5.74) is 1.37. The van der Waals surface area contributed by atoms with Crippen molar-refractivity contribution in [3.8, 4) is 0 Å². The fourth-order valence-corrected chi connectivity index (χ4v) is 2.63. The normalized spacial score (nSPS) is 16.7. The van der Waals surface area contributed by atoms with Gasteiger partial charge in [-0.05, 0) is 35.9 Å². The van der Waals surface area contributed by atoms with E-state index in [1.807, 2.05) is 12.4 Å². The summed E-state index contributed by atoms with van der Waals surface area (Å²) in [7, 11) is 0. The van der Waals surface area contributed by atoms with Gasteiger partial charge in [0.1, 0.15) is 0 Å². The molecule has 0 radical (unpaired) electrons. The van der Waals surface area contributed by atoms with E-state index in [1.54, 1.807) is 0 Å². The first-order valence-corrected chi connectivity index (χ1v) is 6.48. The minimum atomic E-state index is 0.739. The predicted octanol–water partition coefficient (Wildman–Crippen LogP) is 3.27. The molecule has 1 saturated carbocycles. The standard InChI is InChI=1S/C15H18N2/c1-2-4-15(3-1)17-10-12-5-6-14-11-16-8-7-13(14)9-12/h5-9,11,15,17H,1-4,10H2. The Morgan fingerprint density at radius 3 is 2.88 bits per heavy atom. The maximum atomic E-state index is 4.14. The highest BCUT2D eigenvalue weighted by molar-refractivity contribution is 5.81. The summed E-state index contributed by atoms with van der Waals surface area (Å²) in [4.78, 5) is 4.14. The summed E-state index contributed by atoms with van der Waals surface area (Å²) < 4.78 is 0. The largest absolute Gasteiger partial charge is 0.310 e. The third kappa shape index (κ3) is 2.47. The van der Waals surface area contributed by atoms with E-state index in [0.717, 1.165) is 12.6 Å². The van der Waals surface area contributed by atoms with Crippen molar-refractivity contribution >= 4 is 10.8 Å². The second-order valence-electron chi connectivity index (χ2n) is 4.92. The predicted molar refractivity (Wildman–Crippen MR) is 70.8 cm³/mol. The van der Waals surface area contributed by atoms with Crippen LogP contribution in [0.5, 0.6) is 0 Å². The molecule has 1 N–H and O–H groups in total. The van der Waals surface area contributed by atoms with Crippen molar-refractivity contribution in [3.63, 3.8) is 0 Å². The molecular formula is C15H18N2. The zero-order valence-electron chi connectivity index (χ0n) is 10.0. The first-order chi connectivity index (χ1) is 8.42. The number of nitrogens with zero attached hydrogens (tertiary/aromatic N) is 1. The molecule has 3 rings (SSSR count). The molecule has 0 bridgehead atoms. The summed E-state index contributed by atoms with van der Waals surface area (Å²) in [6.07, 6.45) is 9.25. The van der Waals surface area contributed by atoms with E-state index in [9.17, 15) is 0 Å². The van der Waals surface area contributed by atoms with Crippen molar-refractivity contribution in [1.82, 2.24) is 10.3 Å². The lowest BCUT2D eigenvalue weighted by molar-refractivity contribution is 0.524. The minimum Gasteiger partial charge on any atom is -0.310 e. The van der Waals surface area contributed by atoms with Gasteiger partial charge in [-0.2, -0.15) is 0 Å². The number of fused-ring (bicyclic) bond motifs is 1. The van der Waals surface area contributed by atoms with Gasteiger partial charge in [0.05, 0.1) is 0 Å². The maximum Gasteiger partial charge on any atom is 0.0346 e. The van der Waals surface area contributed by atoms with E-state index in [-0.39, 0.29) is 0 Å². The molecule has 2 aromatic rings. The summed E-state index contributed by atoms with van der Waals surface area (Å²) in [5.74, 6) is 0. The number of rotatable bonds is 3. The fraction of sp³-hybridized carbons (Fsp3) is 0.400. The van der Waals surface area contributed by atoms with Crippen LogP contribution in [-0.4, -0.2) is 11.0 Å². The highest BCUT2D eigenvalue weighted by atomic mass is 14.9. The SMILES string of the molecule is c1cc2cc(CNC3CCCC3)ccc2cn1. The maximum absolute atomic E-state index is 4.14. The van der Waals surface area contributed by atoms with E-state index < -0.39 is 0 Å². The van der Waals surface area contributed by atoms with Gasteiger partial charge in [-0.3, -0.25) is 4.98 Å². The van der Waals surface area contributed by atoms with Gasteiger partial charge in [-0.25, -0.2) is 0 Å². The third-order valence-electron chi connectivity index (χ3n) is 3.66. The molecule has 0 atom stereocenters. The number of hydrogen-bond acceptors (Lipinski definition) is 2. The average Bonchev–Trinajstić information content (AvgIpc) is 2.89. The fourth-order valence-electron chi connectivity index (χ4n) is 2.63. The van der Waals surface area contributed by atoms with Crippen molar-refractivity contribution < 1.29 is 0 Å². The molecule has 0 amide bonds. The van der Waals surface area contributed by atoms with Crippen LogP contribution in [0.4, 0.5) is 0 Å². The van der Waals surface area contributed by atoms with Crippen LogP contribution in [0.25, 0.3) is 10.8 Å². The third-order valence-corrected chi connectivity index (χ3v) is 3.66. The van der Waals surface area contributed by atoms with Crippen LogP contribution in [0.3, 0.4) is 0 Å². The van der Waals surface area contributed by atoms with Crippen LogP contribution in [0.1, 0.15) is 31.2 Å². The van der Waals surface area contributed by atoms with Crippen LogP contribution in [-0.2, 0) is 6.54 Å². The molecule has 17 heavy (non-hydrogen) atoms. The van der Waals surface area contributed by atoms with E-state index in [0.29, 0.717) is 0 Å². The van der Waals surface area contributed by atoms with Crippen molar-refractivity contribution in [2.75, 3.05) is 0 Å². The average molecular weight is 226 g/mol. The molecule has 2 nitrogen and oxygen atoms in total. The summed E-state index contributed by atoms with van der Waals surface area (Å²) in [5, 5.41) is 6.15. The van der Waals surface area contributed by atoms with Gasteiger partial charge in [0.25, 0.3) is 0 Å². The minimum absolute atomic E-state index is 0.739. The van der Waals surface area contributed by atoms with Crippen molar-refractivity contribution in [3.05, 3.63) is 42.2 Å². The van der Waals surface area contributed by atoms with Crippen molar-refractivity contribution in [2.24, 2.45) is 0 Å². The molecule has 1 aromatic carbocycles. The monoisotopic (exact) mass is 226 g/mol. The zero-order chi connectivity index (χ0) is 11.5. The molecule has 1 fully saturated rings. The van der Waals surface area contributed by atoms with E-state index in [1.165, 1.54) is 42.0 Å². The zero-order valence-corrected chi connectivity index (χ0v) is 10.0. The Labute approximate surface area is 102 Å². The van der Waals surface area contributed by atoms with Gasteiger partial charge in [0, 0.05) is 30.4 Å². The Kier molecular flexibility index (Phi) is 3.06. The van der Waals surface area contributed by atoms with Crippen molar-refractivity contribution in [1.29, 1.82) is 0 Å². The van der Waals surface area contributed by atoms with Crippen LogP contribution < -0.4 is 5.32 Å². The molecule has 0 saturated heterocycles. The van der Waals surface area contributed by atoms with Crippen LogP contribution in [0.2, 0.25) is 0 Å². The van der Waals surface area contributed by atoms with Gasteiger partial charge in [0.2, 0.25) is 0 Å². The van der Waals surface area contributed by atoms with Crippen LogP contribution >= 0.6 is 0 Å². The van der Waals surface area contributed by atoms with Gasteiger partial charge in [-0.15, -0.1) is 0 Å². The van der Waals surface area contributed by atoms with E-state index in [2.05, 4.69) is 34.6 Å². The molecule has 2 heteroatoms. The summed E-state index contributed by atoms with van der Waals surface area (Å²) >= 11 is 0. The molecule has 88 valence electrons. The number of benzene rings is 1. The first kappa shape index (κ1) is 10.7. The first-order valence-electron chi connectivity index (χ1n) is 6.48. The quantitative estimate of drug-likeness (QED) is 0.869. The molecule has 0 spiro atoms. The van der Waals surface area contributed by atoms with Gasteiger partial charge >= 0.3 is 0 Å². The Hall–Kier alpha value is -1.41. The second-order valence-corrected chi connectivity index (χ2v) is 4.92. The Bertz CT molecular complexity index is 501. The summed E-state index contributed by atoms with van der Waals surface area (Å²) in [6, 6.07) is 9.44. The number of aromatic nitrogens is 1. The Balaban J connectivity index is 1.72. The highest BCUT2D eigenvalue weighted by Gasteiger charge is 2.13. The lowest BCUT2D eigenvalue weighted by Gasteiger charge is -2.12. The second kappa shape index (κ2) is 4.84. The Morgan fingerprint density at radius 1 is 1.12 bits per heavy atom. The number of hydrogen-bond donors (Lipinski definition) is 1. The molecule has 0 unspecified atom stereocenters. The molecular weight excluding hydrogens is 208 g/mol. The highest BCUT2D eigenvalue weighted by Crippen LogP contribution is 2.19. The molecule has 1 aliphatic rings. The van der Waals surface area contributed by atoms with Gasteiger partial charge in [-0.1, -0.05) is 25.0 Å². The van der Waals surface area contributed by atoms with Gasteiger partial charge in [0.15, 0.2) is 0 Å². The number of pyridine rings is 1.